The Morgan fingerprint density at radius 2 is 1.85 bits per heavy atom. The lowest BCUT2D eigenvalue weighted by atomic mass is 9.92. The number of ether oxygens (including phenoxy) is 3. The number of pyridine rings is 2. The highest BCUT2D eigenvalue weighted by atomic mass is 16.5. The first-order valence-electron chi connectivity index (χ1n) is 12.8. The van der Waals surface area contributed by atoms with Gasteiger partial charge in [0.15, 0.2) is 11.5 Å². The molecule has 1 amide bonds. The van der Waals surface area contributed by atoms with Gasteiger partial charge < -0.3 is 24.6 Å². The van der Waals surface area contributed by atoms with Crippen LogP contribution in [0.25, 0.3) is 16.6 Å². The SMILES string of the molecule is COC(=O)c1cnc(Nc2cc3cc(-c4cc(C)ncc4O[C@H]4C[C@H]5COC[C@@H](C4)N5C(=O)O)ccn3n2)cn1. The van der Waals surface area contributed by atoms with E-state index >= 15 is 0 Å². The third-order valence-electron chi connectivity index (χ3n) is 7.07. The van der Waals surface area contributed by atoms with E-state index in [4.69, 9.17) is 9.47 Å². The van der Waals surface area contributed by atoms with Crippen LogP contribution in [0.2, 0.25) is 0 Å². The highest BCUT2D eigenvalue weighted by Crippen LogP contribution is 2.35. The number of hydrogen-bond donors (Lipinski definition) is 2. The first-order chi connectivity index (χ1) is 19.4. The van der Waals surface area contributed by atoms with Crippen LogP contribution >= 0.6 is 0 Å². The Balaban J connectivity index is 1.23. The third kappa shape index (κ3) is 4.98. The molecular formula is C27H27N7O6. The number of carboxylic acid groups (broad SMARTS) is 1. The Morgan fingerprint density at radius 3 is 2.55 bits per heavy atom. The Kier molecular flexibility index (Phi) is 6.64. The summed E-state index contributed by atoms with van der Waals surface area (Å²) < 4.78 is 18.5. The van der Waals surface area contributed by atoms with Gasteiger partial charge >= 0.3 is 12.1 Å². The van der Waals surface area contributed by atoms with Crippen molar-refractivity contribution in [3.63, 3.8) is 0 Å². The molecule has 13 heteroatoms. The number of nitrogens with zero attached hydrogens (tertiary/aromatic N) is 6. The van der Waals surface area contributed by atoms with Crippen LogP contribution in [0, 0.1) is 6.92 Å². The number of esters is 1. The van der Waals surface area contributed by atoms with Crippen LogP contribution in [0.1, 0.15) is 29.0 Å². The summed E-state index contributed by atoms with van der Waals surface area (Å²) in [4.78, 5) is 37.6. The number of piperidine rings is 1. The monoisotopic (exact) mass is 545 g/mol. The molecule has 0 aromatic carbocycles. The van der Waals surface area contributed by atoms with E-state index in [1.54, 1.807) is 10.7 Å². The van der Waals surface area contributed by atoms with Gasteiger partial charge in [0.05, 0.1) is 56.5 Å². The Bertz CT molecular complexity index is 1560. The molecule has 3 atom stereocenters. The molecule has 0 radical (unpaired) electrons. The van der Waals surface area contributed by atoms with Crippen LogP contribution in [-0.4, -0.2) is 85.1 Å². The standard InChI is InChI=1S/C27H27N7O6/c1-15-5-21(23(11-28-15)40-20-7-18-13-39-14-19(8-20)34(18)27(36)37)16-3-4-33-17(6-16)9-24(32-33)31-25-12-29-22(10-30-25)26(35)38-2/h3-6,9-12,18-20H,7-8,13-14H2,1-2H3,(H,36,37)(H,30,31,32)/t18-,19+,20-. The van der Waals surface area contributed by atoms with Crippen molar-refractivity contribution in [1.82, 2.24) is 29.5 Å². The van der Waals surface area contributed by atoms with Crippen molar-refractivity contribution in [2.75, 3.05) is 25.6 Å². The number of aryl methyl sites for hydroxylation is 1. The van der Waals surface area contributed by atoms with E-state index in [1.165, 1.54) is 24.4 Å². The number of hydrogen-bond acceptors (Lipinski definition) is 10. The number of aromatic nitrogens is 5. The summed E-state index contributed by atoms with van der Waals surface area (Å²) in [6, 6.07) is 7.34. The number of carbonyl (C=O) groups is 2. The maximum Gasteiger partial charge on any atom is 0.407 e. The summed E-state index contributed by atoms with van der Waals surface area (Å²) in [5.41, 5.74) is 3.60. The molecule has 6 heterocycles. The van der Waals surface area contributed by atoms with Crippen molar-refractivity contribution in [3.8, 4) is 16.9 Å². The normalized spacial score (nSPS) is 20.2. The fourth-order valence-corrected chi connectivity index (χ4v) is 5.28. The number of carbonyl (C=O) groups excluding carboxylic acids is 1. The molecule has 2 N–H and O–H groups in total. The molecule has 0 aliphatic carbocycles. The van der Waals surface area contributed by atoms with Crippen molar-refractivity contribution in [2.24, 2.45) is 0 Å². The topological polar surface area (TPSA) is 153 Å². The van der Waals surface area contributed by atoms with Crippen molar-refractivity contribution in [3.05, 3.63) is 60.4 Å². The quantitative estimate of drug-likeness (QED) is 0.343. The minimum atomic E-state index is -0.914. The predicted molar refractivity (Wildman–Crippen MR) is 142 cm³/mol. The molecular weight excluding hydrogens is 518 g/mol. The minimum absolute atomic E-state index is 0.113. The van der Waals surface area contributed by atoms with Gasteiger partial charge in [0.25, 0.3) is 0 Å². The van der Waals surface area contributed by atoms with Crippen molar-refractivity contribution >= 4 is 29.2 Å². The number of fused-ring (bicyclic) bond motifs is 3. The number of methoxy groups -OCH3 is 1. The molecule has 2 fully saturated rings. The third-order valence-corrected chi connectivity index (χ3v) is 7.07. The maximum absolute atomic E-state index is 11.8. The van der Waals surface area contributed by atoms with Crippen LogP contribution in [0.5, 0.6) is 5.75 Å². The average molecular weight is 546 g/mol. The second-order valence-corrected chi connectivity index (χ2v) is 9.79. The summed E-state index contributed by atoms with van der Waals surface area (Å²) in [6.07, 6.45) is 6.39. The number of anilines is 2. The first kappa shape index (κ1) is 25.5. The van der Waals surface area contributed by atoms with E-state index in [0.29, 0.717) is 43.4 Å². The summed E-state index contributed by atoms with van der Waals surface area (Å²) in [5.74, 6) is 1.07. The van der Waals surface area contributed by atoms with Crippen LogP contribution in [-0.2, 0) is 9.47 Å². The second-order valence-electron chi connectivity index (χ2n) is 9.79. The summed E-state index contributed by atoms with van der Waals surface area (Å²) in [5, 5.41) is 17.3. The number of rotatable bonds is 6. The van der Waals surface area contributed by atoms with Crippen molar-refractivity contribution < 1.29 is 28.9 Å². The van der Waals surface area contributed by atoms with Gasteiger partial charge in [0, 0.05) is 36.4 Å². The van der Waals surface area contributed by atoms with Crippen LogP contribution in [0.4, 0.5) is 16.4 Å². The molecule has 4 aromatic rings. The smallest absolute Gasteiger partial charge is 0.407 e. The Labute approximate surface area is 228 Å². The van der Waals surface area contributed by atoms with Crippen molar-refractivity contribution in [2.45, 2.75) is 38.0 Å². The molecule has 2 saturated heterocycles. The molecule has 4 aromatic heterocycles. The van der Waals surface area contributed by atoms with Gasteiger partial charge in [0.2, 0.25) is 0 Å². The molecule has 2 bridgehead atoms. The first-order valence-corrected chi connectivity index (χ1v) is 12.8. The van der Waals surface area contributed by atoms with E-state index in [-0.39, 0.29) is 23.9 Å². The summed E-state index contributed by atoms with van der Waals surface area (Å²) in [7, 11) is 1.29. The zero-order valence-corrected chi connectivity index (χ0v) is 21.9. The van der Waals surface area contributed by atoms with E-state index in [9.17, 15) is 14.7 Å². The molecule has 206 valence electrons. The number of nitrogens with one attached hydrogen (secondary N) is 1. The zero-order chi connectivity index (χ0) is 27.8. The maximum atomic E-state index is 11.8. The highest BCUT2D eigenvalue weighted by molar-refractivity contribution is 5.86. The second kappa shape index (κ2) is 10.4. The lowest BCUT2D eigenvalue weighted by molar-refractivity contribution is -0.0857. The molecule has 2 aliphatic rings. The lowest BCUT2D eigenvalue weighted by Gasteiger charge is -2.46. The van der Waals surface area contributed by atoms with Gasteiger partial charge in [-0.05, 0) is 30.7 Å². The van der Waals surface area contributed by atoms with E-state index in [0.717, 1.165) is 22.3 Å². The molecule has 0 spiro atoms. The van der Waals surface area contributed by atoms with Gasteiger partial charge in [-0.25, -0.2) is 24.1 Å². The van der Waals surface area contributed by atoms with Gasteiger partial charge in [0.1, 0.15) is 17.7 Å². The molecule has 0 unspecified atom stereocenters. The lowest BCUT2D eigenvalue weighted by Crippen LogP contribution is -2.60. The van der Waals surface area contributed by atoms with Gasteiger partial charge in [-0.3, -0.25) is 9.88 Å². The van der Waals surface area contributed by atoms with Crippen LogP contribution in [0.15, 0.2) is 49.1 Å². The number of amides is 1. The van der Waals surface area contributed by atoms with Gasteiger partial charge in [-0.2, -0.15) is 5.10 Å². The molecule has 13 nitrogen and oxygen atoms in total. The fraction of sp³-hybridized carbons (Fsp3) is 0.333. The van der Waals surface area contributed by atoms with Crippen LogP contribution in [0.3, 0.4) is 0 Å². The largest absolute Gasteiger partial charge is 0.488 e. The van der Waals surface area contributed by atoms with Crippen LogP contribution < -0.4 is 10.1 Å². The minimum Gasteiger partial charge on any atom is -0.488 e. The molecule has 0 saturated carbocycles. The zero-order valence-electron chi connectivity index (χ0n) is 21.9. The molecule has 40 heavy (non-hydrogen) atoms. The predicted octanol–water partition coefficient (Wildman–Crippen LogP) is 3.31. The Morgan fingerprint density at radius 1 is 1.05 bits per heavy atom. The van der Waals surface area contributed by atoms with E-state index in [1.807, 2.05) is 37.4 Å². The van der Waals surface area contributed by atoms with E-state index < -0.39 is 12.1 Å². The number of morpholine rings is 1. The molecule has 2 aliphatic heterocycles. The summed E-state index contributed by atoms with van der Waals surface area (Å²) >= 11 is 0. The Hall–Kier alpha value is -4.78. The van der Waals surface area contributed by atoms with Crippen molar-refractivity contribution in [1.29, 1.82) is 0 Å². The summed E-state index contributed by atoms with van der Waals surface area (Å²) in [6.45, 7) is 2.67. The molecule has 6 rings (SSSR count). The van der Waals surface area contributed by atoms with Gasteiger partial charge in [-0.15, -0.1) is 0 Å². The fourth-order valence-electron chi connectivity index (χ4n) is 5.28. The highest BCUT2D eigenvalue weighted by Gasteiger charge is 2.42. The average Bonchev–Trinajstić information content (AvgIpc) is 3.35. The van der Waals surface area contributed by atoms with Gasteiger partial charge in [-0.1, -0.05) is 0 Å². The van der Waals surface area contributed by atoms with E-state index in [2.05, 4.69) is 30.1 Å².